The third-order valence-electron chi connectivity index (χ3n) is 2.12. The van der Waals surface area contributed by atoms with Gasteiger partial charge in [-0.05, 0) is 11.6 Å². The van der Waals surface area contributed by atoms with Gasteiger partial charge in [0.2, 0.25) is 0 Å². The Bertz CT molecular complexity index is 347. The maximum Gasteiger partial charge on any atom is 0.115 e. The van der Waals surface area contributed by atoms with Gasteiger partial charge in [0.15, 0.2) is 0 Å². The van der Waals surface area contributed by atoms with E-state index in [0.29, 0.717) is 0 Å². The Morgan fingerprint density at radius 3 is 2.60 bits per heavy atom. The van der Waals surface area contributed by atoms with Crippen molar-refractivity contribution in [1.82, 2.24) is 15.3 Å². The summed E-state index contributed by atoms with van der Waals surface area (Å²) >= 11 is 0. The van der Waals surface area contributed by atoms with Crippen molar-refractivity contribution in [1.29, 1.82) is 0 Å². The number of rotatable bonds is 4. The monoisotopic (exact) mass is 199 g/mol. The topological polar surface area (TPSA) is 37.8 Å². The zero-order valence-electron chi connectivity index (χ0n) is 8.43. The third kappa shape index (κ3) is 3.14. The molecule has 0 unspecified atom stereocenters. The average molecular weight is 199 g/mol. The highest BCUT2D eigenvalue weighted by molar-refractivity contribution is 5.14. The van der Waals surface area contributed by atoms with Crippen LogP contribution in [0.3, 0.4) is 0 Å². The minimum Gasteiger partial charge on any atom is -0.307 e. The second-order valence-electron chi connectivity index (χ2n) is 3.29. The van der Waals surface area contributed by atoms with E-state index < -0.39 is 0 Å². The maximum atomic E-state index is 4.14. The Morgan fingerprint density at radius 1 is 1.00 bits per heavy atom. The fraction of sp³-hybridized carbons (Fsp3) is 0.167. The van der Waals surface area contributed by atoms with Gasteiger partial charge in [0, 0.05) is 19.3 Å². The highest BCUT2D eigenvalue weighted by Gasteiger charge is 1.93. The molecule has 2 aromatic rings. The van der Waals surface area contributed by atoms with Crippen molar-refractivity contribution in [3.63, 3.8) is 0 Å². The molecule has 0 aliphatic heterocycles. The molecule has 0 saturated heterocycles. The first-order valence-electron chi connectivity index (χ1n) is 4.95. The Kier molecular flexibility index (Phi) is 3.41. The van der Waals surface area contributed by atoms with Gasteiger partial charge in [-0.25, -0.2) is 9.97 Å². The van der Waals surface area contributed by atoms with E-state index in [4.69, 9.17) is 0 Å². The molecule has 0 radical (unpaired) electrons. The van der Waals surface area contributed by atoms with Gasteiger partial charge in [-0.3, -0.25) is 0 Å². The Balaban J connectivity index is 1.81. The van der Waals surface area contributed by atoms with Crippen molar-refractivity contribution in [3.8, 4) is 0 Å². The molecule has 0 aliphatic carbocycles. The standard InChI is InChI=1S/C12H13N3/c1-2-4-11(5-3-1)8-14-9-12-6-7-13-10-15-12/h1-7,10,14H,8-9H2. The van der Waals surface area contributed by atoms with E-state index >= 15 is 0 Å². The van der Waals surface area contributed by atoms with Crippen molar-refractivity contribution in [2.45, 2.75) is 13.1 Å². The highest BCUT2D eigenvalue weighted by Crippen LogP contribution is 1.98. The molecule has 3 nitrogen and oxygen atoms in total. The zero-order chi connectivity index (χ0) is 10.3. The van der Waals surface area contributed by atoms with Gasteiger partial charge in [-0.15, -0.1) is 0 Å². The van der Waals surface area contributed by atoms with Gasteiger partial charge < -0.3 is 5.32 Å². The predicted molar refractivity (Wildman–Crippen MR) is 59.0 cm³/mol. The van der Waals surface area contributed by atoms with Crippen molar-refractivity contribution in [2.24, 2.45) is 0 Å². The summed E-state index contributed by atoms with van der Waals surface area (Å²) in [6, 6.07) is 12.2. The van der Waals surface area contributed by atoms with Crippen LogP contribution < -0.4 is 5.32 Å². The van der Waals surface area contributed by atoms with Gasteiger partial charge in [0.25, 0.3) is 0 Å². The molecule has 0 atom stereocenters. The van der Waals surface area contributed by atoms with Crippen LogP contribution in [0, 0.1) is 0 Å². The van der Waals surface area contributed by atoms with Crippen LogP contribution in [-0.4, -0.2) is 9.97 Å². The van der Waals surface area contributed by atoms with Crippen molar-refractivity contribution in [2.75, 3.05) is 0 Å². The molecular weight excluding hydrogens is 186 g/mol. The SMILES string of the molecule is c1ccc(CNCc2ccncn2)cc1. The number of benzene rings is 1. The first kappa shape index (κ1) is 9.80. The molecule has 0 saturated carbocycles. The molecule has 3 heteroatoms. The molecule has 0 aliphatic rings. The normalized spacial score (nSPS) is 10.1. The molecule has 15 heavy (non-hydrogen) atoms. The largest absolute Gasteiger partial charge is 0.307 e. The summed E-state index contributed by atoms with van der Waals surface area (Å²) in [4.78, 5) is 8.01. The minimum absolute atomic E-state index is 0.775. The molecule has 1 heterocycles. The second-order valence-corrected chi connectivity index (χ2v) is 3.29. The van der Waals surface area contributed by atoms with Gasteiger partial charge in [-0.2, -0.15) is 0 Å². The first-order chi connectivity index (χ1) is 7.45. The predicted octanol–water partition coefficient (Wildman–Crippen LogP) is 1.77. The van der Waals surface area contributed by atoms with E-state index in [9.17, 15) is 0 Å². The van der Waals surface area contributed by atoms with Gasteiger partial charge in [-0.1, -0.05) is 30.3 Å². The number of nitrogens with zero attached hydrogens (tertiary/aromatic N) is 2. The fourth-order valence-corrected chi connectivity index (χ4v) is 1.35. The molecule has 1 N–H and O–H groups in total. The molecule has 1 aromatic heterocycles. The molecule has 0 amide bonds. The highest BCUT2D eigenvalue weighted by atomic mass is 14.9. The molecule has 2 rings (SSSR count). The lowest BCUT2D eigenvalue weighted by Gasteiger charge is -2.03. The van der Waals surface area contributed by atoms with E-state index in [-0.39, 0.29) is 0 Å². The molecule has 0 spiro atoms. The van der Waals surface area contributed by atoms with Crippen LogP contribution >= 0.6 is 0 Å². The van der Waals surface area contributed by atoms with Crippen LogP contribution in [-0.2, 0) is 13.1 Å². The lowest BCUT2D eigenvalue weighted by molar-refractivity contribution is 0.678. The van der Waals surface area contributed by atoms with Crippen molar-refractivity contribution >= 4 is 0 Å². The minimum atomic E-state index is 0.775. The lowest BCUT2D eigenvalue weighted by Crippen LogP contribution is -2.13. The zero-order valence-corrected chi connectivity index (χ0v) is 8.43. The van der Waals surface area contributed by atoms with Crippen LogP contribution in [0.4, 0.5) is 0 Å². The number of hydrogen-bond acceptors (Lipinski definition) is 3. The van der Waals surface area contributed by atoms with Crippen molar-refractivity contribution < 1.29 is 0 Å². The number of hydrogen-bond donors (Lipinski definition) is 1. The average Bonchev–Trinajstić information content (AvgIpc) is 2.32. The van der Waals surface area contributed by atoms with Crippen LogP contribution in [0.5, 0.6) is 0 Å². The van der Waals surface area contributed by atoms with Crippen LogP contribution in [0.15, 0.2) is 48.9 Å². The van der Waals surface area contributed by atoms with Crippen molar-refractivity contribution in [3.05, 3.63) is 60.2 Å². The summed E-state index contributed by atoms with van der Waals surface area (Å²) < 4.78 is 0. The molecule has 0 bridgehead atoms. The smallest absolute Gasteiger partial charge is 0.115 e. The van der Waals surface area contributed by atoms with Crippen LogP contribution in [0.1, 0.15) is 11.3 Å². The van der Waals surface area contributed by atoms with Gasteiger partial charge in [0.1, 0.15) is 6.33 Å². The van der Waals surface area contributed by atoms with Gasteiger partial charge >= 0.3 is 0 Å². The van der Waals surface area contributed by atoms with E-state index in [1.54, 1.807) is 12.5 Å². The summed E-state index contributed by atoms with van der Waals surface area (Å²) in [6.45, 7) is 1.64. The number of aromatic nitrogens is 2. The molecule has 0 fully saturated rings. The summed E-state index contributed by atoms with van der Waals surface area (Å²) in [5.41, 5.74) is 2.30. The lowest BCUT2D eigenvalue weighted by atomic mass is 10.2. The van der Waals surface area contributed by atoms with E-state index in [0.717, 1.165) is 18.8 Å². The summed E-state index contributed by atoms with van der Waals surface area (Å²) in [5.74, 6) is 0. The Labute approximate surface area is 89.2 Å². The van der Waals surface area contributed by atoms with Crippen LogP contribution in [0.25, 0.3) is 0 Å². The van der Waals surface area contributed by atoms with E-state index in [1.807, 2.05) is 24.3 Å². The number of nitrogens with one attached hydrogen (secondary N) is 1. The quantitative estimate of drug-likeness (QED) is 0.815. The third-order valence-corrected chi connectivity index (χ3v) is 2.12. The molecule has 76 valence electrons. The summed E-state index contributed by atoms with van der Waals surface area (Å²) in [7, 11) is 0. The van der Waals surface area contributed by atoms with E-state index in [1.165, 1.54) is 5.56 Å². The molecule has 1 aromatic carbocycles. The Hall–Kier alpha value is -1.74. The van der Waals surface area contributed by atoms with E-state index in [2.05, 4.69) is 27.4 Å². The van der Waals surface area contributed by atoms with Gasteiger partial charge in [0.05, 0.1) is 5.69 Å². The second kappa shape index (κ2) is 5.22. The summed E-state index contributed by atoms with van der Waals surface area (Å²) in [6.07, 6.45) is 3.33. The summed E-state index contributed by atoms with van der Waals surface area (Å²) in [5, 5.41) is 3.33. The Morgan fingerprint density at radius 2 is 1.87 bits per heavy atom. The molecular formula is C12H13N3. The first-order valence-corrected chi connectivity index (χ1v) is 4.95. The fourth-order valence-electron chi connectivity index (χ4n) is 1.35. The maximum absolute atomic E-state index is 4.14. The van der Waals surface area contributed by atoms with Crippen LogP contribution in [0.2, 0.25) is 0 Å².